The first-order valence-corrected chi connectivity index (χ1v) is 5.45. The lowest BCUT2D eigenvalue weighted by atomic mass is 10.1. The van der Waals surface area contributed by atoms with Gasteiger partial charge >= 0.3 is 5.97 Å². The van der Waals surface area contributed by atoms with E-state index < -0.39 is 41.2 Å². The number of aromatic nitrogens is 1. The SMILES string of the molecule is NC(=O)CC[C@H](NC(=O)c1ccnc(F)c1F)C(=O)O. The molecule has 1 aromatic heterocycles. The topological polar surface area (TPSA) is 122 Å². The van der Waals surface area contributed by atoms with Gasteiger partial charge in [-0.2, -0.15) is 4.39 Å². The molecule has 20 heavy (non-hydrogen) atoms. The number of pyridine rings is 1. The van der Waals surface area contributed by atoms with Gasteiger partial charge in [-0.15, -0.1) is 0 Å². The van der Waals surface area contributed by atoms with Crippen molar-refractivity contribution in [1.82, 2.24) is 10.3 Å². The summed E-state index contributed by atoms with van der Waals surface area (Å²) in [5, 5.41) is 10.8. The van der Waals surface area contributed by atoms with Gasteiger partial charge in [0, 0.05) is 12.6 Å². The molecule has 1 atom stereocenters. The van der Waals surface area contributed by atoms with E-state index in [4.69, 9.17) is 10.8 Å². The van der Waals surface area contributed by atoms with Crippen LogP contribution in [0.3, 0.4) is 0 Å². The second-order valence-electron chi connectivity index (χ2n) is 3.83. The number of carboxylic acids is 1. The van der Waals surface area contributed by atoms with Crippen molar-refractivity contribution in [3.63, 3.8) is 0 Å². The maximum Gasteiger partial charge on any atom is 0.326 e. The maximum absolute atomic E-state index is 13.3. The number of aliphatic carboxylic acids is 1. The smallest absolute Gasteiger partial charge is 0.326 e. The van der Waals surface area contributed by atoms with Gasteiger partial charge in [-0.25, -0.2) is 14.2 Å². The fourth-order valence-corrected chi connectivity index (χ4v) is 1.37. The molecule has 0 aliphatic heterocycles. The first-order chi connectivity index (χ1) is 9.32. The Balaban J connectivity index is 2.83. The van der Waals surface area contributed by atoms with Gasteiger partial charge in [0.2, 0.25) is 11.9 Å². The summed E-state index contributed by atoms with van der Waals surface area (Å²) in [5.41, 5.74) is 4.19. The maximum atomic E-state index is 13.3. The Bertz CT molecular complexity index is 550. The fourth-order valence-electron chi connectivity index (χ4n) is 1.37. The summed E-state index contributed by atoms with van der Waals surface area (Å²) in [6.45, 7) is 0. The Labute approximate surface area is 111 Å². The minimum atomic E-state index is -1.48. The number of carboxylic acid groups (broad SMARTS) is 1. The molecule has 0 saturated heterocycles. The molecule has 9 heteroatoms. The van der Waals surface area contributed by atoms with E-state index in [0.29, 0.717) is 0 Å². The standard InChI is InChI=1S/C11H11F2N3O4/c12-8-5(3-4-15-9(8)13)10(18)16-6(11(19)20)1-2-7(14)17/h3-4,6H,1-2H2,(H2,14,17)(H,16,18)(H,19,20)/t6-/m0/s1. The highest BCUT2D eigenvalue weighted by Gasteiger charge is 2.23. The van der Waals surface area contributed by atoms with E-state index >= 15 is 0 Å². The highest BCUT2D eigenvalue weighted by atomic mass is 19.2. The summed E-state index contributed by atoms with van der Waals surface area (Å²) in [6.07, 6.45) is 0.336. The summed E-state index contributed by atoms with van der Waals surface area (Å²) < 4.78 is 26.1. The molecule has 4 N–H and O–H groups in total. The average molecular weight is 287 g/mol. The van der Waals surface area contributed by atoms with Gasteiger partial charge in [0.05, 0.1) is 5.56 Å². The number of hydrogen-bond acceptors (Lipinski definition) is 4. The molecule has 0 unspecified atom stereocenters. The Morgan fingerprint density at radius 1 is 1.40 bits per heavy atom. The van der Waals surface area contributed by atoms with Crippen molar-refractivity contribution >= 4 is 17.8 Å². The molecule has 0 aliphatic carbocycles. The molecular formula is C11H11F2N3O4. The number of halogens is 2. The molecular weight excluding hydrogens is 276 g/mol. The predicted octanol–water partition coefficient (Wildman–Crippen LogP) is -0.192. The van der Waals surface area contributed by atoms with Gasteiger partial charge in [-0.05, 0) is 12.5 Å². The Kier molecular flexibility index (Phi) is 5.07. The molecule has 0 bridgehead atoms. The quantitative estimate of drug-likeness (QED) is 0.626. The molecule has 0 spiro atoms. The van der Waals surface area contributed by atoms with Gasteiger partial charge in [-0.3, -0.25) is 9.59 Å². The number of rotatable bonds is 6. The Morgan fingerprint density at radius 3 is 2.60 bits per heavy atom. The van der Waals surface area contributed by atoms with Gasteiger partial charge in [-0.1, -0.05) is 0 Å². The number of primary amides is 1. The van der Waals surface area contributed by atoms with Crippen LogP contribution in [0.15, 0.2) is 12.3 Å². The molecule has 0 aliphatic rings. The van der Waals surface area contributed by atoms with Gasteiger partial charge < -0.3 is 16.2 Å². The zero-order chi connectivity index (χ0) is 15.3. The van der Waals surface area contributed by atoms with Crippen LogP contribution in [-0.2, 0) is 9.59 Å². The predicted molar refractivity (Wildman–Crippen MR) is 61.5 cm³/mol. The largest absolute Gasteiger partial charge is 0.480 e. The van der Waals surface area contributed by atoms with E-state index in [1.54, 1.807) is 0 Å². The molecule has 0 aromatic carbocycles. The number of nitrogens with two attached hydrogens (primary N) is 1. The Hall–Kier alpha value is -2.58. The molecule has 0 saturated carbocycles. The lowest BCUT2D eigenvalue weighted by Crippen LogP contribution is -2.41. The van der Waals surface area contributed by atoms with Crippen LogP contribution in [0.2, 0.25) is 0 Å². The highest BCUT2D eigenvalue weighted by molar-refractivity contribution is 5.96. The third kappa shape index (κ3) is 3.97. The number of nitrogens with one attached hydrogen (secondary N) is 1. The van der Waals surface area contributed by atoms with Crippen molar-refractivity contribution in [2.45, 2.75) is 18.9 Å². The van der Waals surface area contributed by atoms with E-state index in [-0.39, 0.29) is 12.8 Å². The van der Waals surface area contributed by atoms with E-state index in [1.807, 2.05) is 5.32 Å². The van der Waals surface area contributed by atoms with E-state index in [1.165, 1.54) is 0 Å². The van der Waals surface area contributed by atoms with Crippen LogP contribution in [-0.4, -0.2) is 33.9 Å². The molecule has 1 rings (SSSR count). The minimum absolute atomic E-state index is 0.258. The average Bonchev–Trinajstić information content (AvgIpc) is 2.36. The lowest BCUT2D eigenvalue weighted by molar-refractivity contribution is -0.139. The van der Waals surface area contributed by atoms with E-state index in [0.717, 1.165) is 12.3 Å². The van der Waals surface area contributed by atoms with Crippen LogP contribution in [0.25, 0.3) is 0 Å². The number of carbonyl (C=O) groups is 3. The third-order valence-electron chi connectivity index (χ3n) is 2.37. The summed E-state index contributed by atoms with van der Waals surface area (Å²) in [6, 6.07) is -0.536. The van der Waals surface area contributed by atoms with Gasteiger partial charge in [0.25, 0.3) is 5.91 Å². The summed E-state index contributed by atoms with van der Waals surface area (Å²) in [7, 11) is 0. The first kappa shape index (κ1) is 15.5. The number of nitrogens with zero attached hydrogens (tertiary/aromatic N) is 1. The van der Waals surface area contributed by atoms with Crippen LogP contribution in [0.5, 0.6) is 0 Å². The Morgan fingerprint density at radius 2 is 2.05 bits per heavy atom. The van der Waals surface area contributed by atoms with Crippen molar-refractivity contribution < 1.29 is 28.3 Å². The number of amides is 2. The van der Waals surface area contributed by atoms with Crippen molar-refractivity contribution in [3.8, 4) is 0 Å². The molecule has 1 heterocycles. The molecule has 7 nitrogen and oxygen atoms in total. The van der Waals surface area contributed by atoms with Crippen LogP contribution in [0.1, 0.15) is 23.2 Å². The van der Waals surface area contributed by atoms with E-state index in [9.17, 15) is 23.2 Å². The second-order valence-corrected chi connectivity index (χ2v) is 3.83. The normalized spacial score (nSPS) is 11.7. The van der Waals surface area contributed by atoms with Crippen molar-refractivity contribution in [1.29, 1.82) is 0 Å². The molecule has 0 fully saturated rings. The fraction of sp³-hybridized carbons (Fsp3) is 0.273. The zero-order valence-corrected chi connectivity index (χ0v) is 10.1. The van der Waals surface area contributed by atoms with Crippen molar-refractivity contribution in [3.05, 3.63) is 29.6 Å². The number of hydrogen-bond donors (Lipinski definition) is 3. The lowest BCUT2D eigenvalue weighted by Gasteiger charge is -2.13. The summed E-state index contributed by atoms with van der Waals surface area (Å²) in [5.74, 6) is -6.24. The monoisotopic (exact) mass is 287 g/mol. The first-order valence-electron chi connectivity index (χ1n) is 5.45. The van der Waals surface area contributed by atoms with Crippen LogP contribution in [0.4, 0.5) is 8.78 Å². The summed E-state index contributed by atoms with van der Waals surface area (Å²) in [4.78, 5) is 36.1. The van der Waals surface area contributed by atoms with Gasteiger partial charge in [0.15, 0.2) is 5.82 Å². The van der Waals surface area contributed by atoms with Crippen LogP contribution in [0, 0.1) is 11.8 Å². The van der Waals surface area contributed by atoms with Crippen molar-refractivity contribution in [2.24, 2.45) is 5.73 Å². The number of carbonyl (C=O) groups excluding carboxylic acids is 2. The summed E-state index contributed by atoms with van der Waals surface area (Å²) >= 11 is 0. The van der Waals surface area contributed by atoms with Crippen LogP contribution >= 0.6 is 0 Å². The minimum Gasteiger partial charge on any atom is -0.480 e. The van der Waals surface area contributed by atoms with Gasteiger partial charge in [0.1, 0.15) is 6.04 Å². The molecule has 2 amide bonds. The van der Waals surface area contributed by atoms with E-state index in [2.05, 4.69) is 4.98 Å². The van der Waals surface area contributed by atoms with Crippen molar-refractivity contribution in [2.75, 3.05) is 0 Å². The highest BCUT2D eigenvalue weighted by Crippen LogP contribution is 2.09. The molecule has 1 aromatic rings. The van der Waals surface area contributed by atoms with Crippen LogP contribution < -0.4 is 11.1 Å². The second kappa shape index (κ2) is 6.55. The molecule has 0 radical (unpaired) electrons. The zero-order valence-electron chi connectivity index (χ0n) is 10.1. The molecule has 108 valence electrons. The third-order valence-corrected chi connectivity index (χ3v) is 2.37.